The van der Waals surface area contributed by atoms with E-state index in [0.29, 0.717) is 11.3 Å². The molecule has 96 valence electrons. The van der Waals surface area contributed by atoms with E-state index in [-0.39, 0.29) is 0 Å². The van der Waals surface area contributed by atoms with Crippen molar-refractivity contribution in [1.82, 2.24) is 5.32 Å². The molecule has 0 aliphatic carbocycles. The van der Waals surface area contributed by atoms with Gasteiger partial charge in [0.25, 0.3) is 0 Å². The van der Waals surface area contributed by atoms with Crippen molar-refractivity contribution in [3.05, 3.63) is 41.6 Å². The van der Waals surface area contributed by atoms with E-state index < -0.39 is 12.0 Å². The zero-order chi connectivity index (χ0) is 13.5. The van der Waals surface area contributed by atoms with Crippen LogP contribution < -0.4 is 10.6 Å². The van der Waals surface area contributed by atoms with E-state index in [4.69, 9.17) is 0 Å². The van der Waals surface area contributed by atoms with Gasteiger partial charge in [-0.1, -0.05) is 17.7 Å². The van der Waals surface area contributed by atoms with Gasteiger partial charge in [-0.2, -0.15) is 0 Å². The minimum atomic E-state index is -0.492. The molecule has 0 spiro atoms. The van der Waals surface area contributed by atoms with E-state index in [1.807, 2.05) is 13.8 Å². The average molecular weight is 248 g/mol. The summed E-state index contributed by atoms with van der Waals surface area (Å²) in [5, 5.41) is 5.14. The maximum atomic E-state index is 11.6. The van der Waals surface area contributed by atoms with Gasteiger partial charge in [0.1, 0.15) is 0 Å². The number of anilines is 1. The highest BCUT2D eigenvalue weighted by Gasteiger charge is 2.12. The number of urea groups is 1. The number of carbonyl (C=O) groups is 2. The predicted molar refractivity (Wildman–Crippen MR) is 69.4 cm³/mol. The SMILES string of the molecule is COC(=O)c1ccccc1NC(=O)NC=C(C)C. The number of para-hydroxylation sites is 1. The van der Waals surface area contributed by atoms with Gasteiger partial charge in [-0.05, 0) is 26.0 Å². The normalized spacial score (nSPS) is 9.28. The van der Waals surface area contributed by atoms with Crippen molar-refractivity contribution in [2.45, 2.75) is 13.8 Å². The van der Waals surface area contributed by atoms with Crippen LogP contribution in [0.5, 0.6) is 0 Å². The smallest absolute Gasteiger partial charge is 0.339 e. The third-order valence-corrected chi connectivity index (χ3v) is 2.07. The second-order valence-electron chi connectivity index (χ2n) is 3.86. The third kappa shape index (κ3) is 3.93. The molecule has 0 heterocycles. The number of hydrogen-bond acceptors (Lipinski definition) is 3. The largest absolute Gasteiger partial charge is 0.465 e. The Morgan fingerprint density at radius 1 is 1.22 bits per heavy atom. The predicted octanol–water partition coefficient (Wildman–Crippen LogP) is 2.52. The molecule has 18 heavy (non-hydrogen) atoms. The highest BCUT2D eigenvalue weighted by Crippen LogP contribution is 2.15. The van der Waals surface area contributed by atoms with Gasteiger partial charge in [0.2, 0.25) is 0 Å². The van der Waals surface area contributed by atoms with Crippen molar-refractivity contribution in [3.8, 4) is 0 Å². The monoisotopic (exact) mass is 248 g/mol. The first-order valence-corrected chi connectivity index (χ1v) is 5.43. The van der Waals surface area contributed by atoms with Crippen LogP contribution in [0, 0.1) is 0 Å². The number of esters is 1. The lowest BCUT2D eigenvalue weighted by atomic mass is 10.2. The fourth-order valence-electron chi connectivity index (χ4n) is 1.25. The van der Waals surface area contributed by atoms with Crippen LogP contribution >= 0.6 is 0 Å². The number of amides is 2. The molecule has 0 fully saturated rings. The van der Waals surface area contributed by atoms with Crippen molar-refractivity contribution < 1.29 is 14.3 Å². The van der Waals surface area contributed by atoms with Gasteiger partial charge in [-0.3, -0.25) is 0 Å². The molecule has 0 saturated carbocycles. The molecule has 0 radical (unpaired) electrons. The summed E-state index contributed by atoms with van der Waals surface area (Å²) in [4.78, 5) is 23.0. The zero-order valence-electron chi connectivity index (χ0n) is 10.6. The summed E-state index contributed by atoms with van der Waals surface area (Å²) in [5.74, 6) is -0.492. The molecule has 0 aliphatic heterocycles. The topological polar surface area (TPSA) is 67.4 Å². The van der Waals surface area contributed by atoms with Crippen LogP contribution in [0.15, 0.2) is 36.0 Å². The Bertz CT molecular complexity index is 477. The Morgan fingerprint density at radius 3 is 2.50 bits per heavy atom. The van der Waals surface area contributed by atoms with Crippen LogP contribution in [-0.4, -0.2) is 19.1 Å². The molecule has 1 rings (SSSR count). The summed E-state index contributed by atoms with van der Waals surface area (Å²) >= 11 is 0. The van der Waals surface area contributed by atoms with Crippen molar-refractivity contribution in [2.24, 2.45) is 0 Å². The van der Waals surface area contributed by atoms with Crippen molar-refractivity contribution in [1.29, 1.82) is 0 Å². The number of rotatable bonds is 3. The molecule has 2 amide bonds. The Labute approximate surface area is 106 Å². The molecule has 0 saturated heterocycles. The van der Waals surface area contributed by atoms with Crippen LogP contribution in [0.3, 0.4) is 0 Å². The second-order valence-corrected chi connectivity index (χ2v) is 3.86. The number of allylic oxidation sites excluding steroid dienone is 1. The number of benzene rings is 1. The number of ether oxygens (including phenoxy) is 1. The summed E-state index contributed by atoms with van der Waals surface area (Å²) in [6, 6.07) is 6.23. The highest BCUT2D eigenvalue weighted by molar-refractivity contribution is 6.00. The summed E-state index contributed by atoms with van der Waals surface area (Å²) in [7, 11) is 1.29. The van der Waals surface area contributed by atoms with Crippen molar-refractivity contribution >= 4 is 17.7 Å². The molecule has 0 aliphatic rings. The Hall–Kier alpha value is -2.30. The van der Waals surface area contributed by atoms with E-state index in [2.05, 4.69) is 15.4 Å². The Morgan fingerprint density at radius 2 is 1.89 bits per heavy atom. The Kier molecular flexibility index (Phi) is 4.92. The number of hydrogen-bond donors (Lipinski definition) is 2. The molecule has 0 atom stereocenters. The van der Waals surface area contributed by atoms with E-state index in [0.717, 1.165) is 5.57 Å². The highest BCUT2D eigenvalue weighted by atomic mass is 16.5. The minimum Gasteiger partial charge on any atom is -0.465 e. The fraction of sp³-hybridized carbons (Fsp3) is 0.231. The van der Waals surface area contributed by atoms with Crippen LogP contribution in [-0.2, 0) is 4.74 Å². The molecular formula is C13H16N2O3. The third-order valence-electron chi connectivity index (χ3n) is 2.07. The van der Waals surface area contributed by atoms with Crippen molar-refractivity contribution in [2.75, 3.05) is 12.4 Å². The first-order chi connectivity index (χ1) is 8.54. The molecule has 0 aromatic heterocycles. The molecule has 0 unspecified atom stereocenters. The summed E-state index contributed by atoms with van der Waals surface area (Å²) in [6.45, 7) is 3.73. The first kappa shape index (κ1) is 13.8. The molecular weight excluding hydrogens is 232 g/mol. The molecule has 0 bridgehead atoms. The van der Waals surface area contributed by atoms with Gasteiger partial charge in [0.15, 0.2) is 0 Å². The summed E-state index contributed by atoms with van der Waals surface area (Å²) in [5.41, 5.74) is 1.68. The van der Waals surface area contributed by atoms with Crippen LogP contribution in [0.4, 0.5) is 10.5 Å². The second kappa shape index (κ2) is 6.44. The van der Waals surface area contributed by atoms with Crippen LogP contribution in [0.25, 0.3) is 0 Å². The lowest BCUT2D eigenvalue weighted by Crippen LogP contribution is -2.25. The maximum Gasteiger partial charge on any atom is 0.339 e. The van der Waals surface area contributed by atoms with Crippen LogP contribution in [0.2, 0.25) is 0 Å². The zero-order valence-corrected chi connectivity index (χ0v) is 10.6. The number of carbonyl (C=O) groups excluding carboxylic acids is 2. The van der Waals surface area contributed by atoms with Gasteiger partial charge in [-0.25, -0.2) is 9.59 Å². The summed E-state index contributed by atoms with van der Waals surface area (Å²) in [6.07, 6.45) is 1.58. The fourth-order valence-corrected chi connectivity index (χ4v) is 1.25. The van der Waals surface area contributed by atoms with Gasteiger partial charge in [0.05, 0.1) is 18.4 Å². The molecule has 1 aromatic carbocycles. The average Bonchev–Trinajstić information content (AvgIpc) is 2.36. The van der Waals surface area contributed by atoms with Gasteiger partial charge < -0.3 is 15.4 Å². The number of methoxy groups -OCH3 is 1. The number of nitrogens with one attached hydrogen (secondary N) is 2. The Balaban J connectivity index is 2.81. The first-order valence-electron chi connectivity index (χ1n) is 5.43. The molecule has 5 nitrogen and oxygen atoms in total. The van der Waals surface area contributed by atoms with Gasteiger partial charge in [-0.15, -0.1) is 0 Å². The van der Waals surface area contributed by atoms with E-state index in [1.165, 1.54) is 7.11 Å². The quantitative estimate of drug-likeness (QED) is 0.808. The van der Waals surface area contributed by atoms with E-state index >= 15 is 0 Å². The van der Waals surface area contributed by atoms with Crippen molar-refractivity contribution in [3.63, 3.8) is 0 Å². The van der Waals surface area contributed by atoms with Gasteiger partial charge >= 0.3 is 12.0 Å². The maximum absolute atomic E-state index is 11.6. The molecule has 5 heteroatoms. The lowest BCUT2D eigenvalue weighted by Gasteiger charge is -2.09. The standard InChI is InChI=1S/C13H16N2O3/c1-9(2)8-14-13(17)15-11-7-5-4-6-10(11)12(16)18-3/h4-8H,1-3H3,(H2,14,15,17). The summed E-state index contributed by atoms with van der Waals surface area (Å²) < 4.78 is 4.63. The van der Waals surface area contributed by atoms with E-state index in [9.17, 15) is 9.59 Å². The molecule has 1 aromatic rings. The van der Waals surface area contributed by atoms with Gasteiger partial charge in [0, 0.05) is 6.20 Å². The minimum absolute atomic E-state index is 0.312. The lowest BCUT2D eigenvalue weighted by molar-refractivity contribution is 0.0602. The van der Waals surface area contributed by atoms with E-state index in [1.54, 1.807) is 30.5 Å². The van der Waals surface area contributed by atoms with Crippen LogP contribution in [0.1, 0.15) is 24.2 Å². The molecule has 2 N–H and O–H groups in total.